The van der Waals surface area contributed by atoms with Crippen molar-refractivity contribution in [1.82, 2.24) is 9.97 Å². The molecule has 6 nitrogen and oxygen atoms in total. The summed E-state index contributed by atoms with van der Waals surface area (Å²) < 4.78 is 0. The number of aromatic nitrogens is 2. The molecule has 17 heavy (non-hydrogen) atoms. The molecule has 0 aromatic carbocycles. The Hall–Kier alpha value is -2.28. The minimum Gasteiger partial charge on any atom is -0.364 e. The summed E-state index contributed by atoms with van der Waals surface area (Å²) in [6, 6.07) is 3.29. The highest BCUT2D eigenvalue weighted by Gasteiger charge is 2.10. The summed E-state index contributed by atoms with van der Waals surface area (Å²) in [5.41, 5.74) is 5.61. The Kier molecular flexibility index (Phi) is 3.10. The van der Waals surface area contributed by atoms with Crippen molar-refractivity contribution in [3.05, 3.63) is 41.2 Å². The quantitative estimate of drug-likeness (QED) is 0.842. The van der Waals surface area contributed by atoms with Crippen LogP contribution in [0.25, 0.3) is 0 Å². The van der Waals surface area contributed by atoms with Crippen molar-refractivity contribution >= 4 is 28.3 Å². The Morgan fingerprint density at radius 1 is 1.41 bits per heavy atom. The van der Waals surface area contributed by atoms with Gasteiger partial charge in [0.05, 0.1) is 5.56 Å². The first-order valence-corrected chi connectivity index (χ1v) is 5.51. The van der Waals surface area contributed by atoms with Crippen LogP contribution >= 0.6 is 11.3 Å². The Morgan fingerprint density at radius 2 is 2.24 bits per heavy atom. The molecule has 0 bridgehead atoms. The molecule has 0 aliphatic carbocycles. The Labute approximate surface area is 101 Å². The van der Waals surface area contributed by atoms with E-state index in [9.17, 15) is 9.59 Å². The molecule has 2 amide bonds. The summed E-state index contributed by atoms with van der Waals surface area (Å²) in [6.45, 7) is 0. The molecule has 2 rings (SSSR count). The maximum absolute atomic E-state index is 11.7. The van der Waals surface area contributed by atoms with Gasteiger partial charge in [0, 0.05) is 17.8 Å². The lowest BCUT2D eigenvalue weighted by Gasteiger charge is -1.99. The lowest BCUT2D eigenvalue weighted by molar-refractivity contribution is 0.0992. The average molecular weight is 248 g/mol. The number of amides is 2. The van der Waals surface area contributed by atoms with Crippen LogP contribution in [0.2, 0.25) is 0 Å². The minimum atomic E-state index is -0.622. The first-order valence-electron chi connectivity index (χ1n) is 4.63. The molecule has 2 aromatic heterocycles. The predicted octanol–water partition coefficient (Wildman–Crippen LogP) is 0.889. The maximum atomic E-state index is 11.7. The van der Waals surface area contributed by atoms with Crippen molar-refractivity contribution in [1.29, 1.82) is 0 Å². The largest absolute Gasteiger partial charge is 0.364 e. The van der Waals surface area contributed by atoms with E-state index in [1.54, 1.807) is 18.3 Å². The van der Waals surface area contributed by atoms with Crippen LogP contribution < -0.4 is 11.1 Å². The van der Waals surface area contributed by atoms with Gasteiger partial charge in [0.15, 0.2) is 5.13 Å². The van der Waals surface area contributed by atoms with Crippen LogP contribution in [0.5, 0.6) is 0 Å². The molecule has 0 saturated carbocycles. The van der Waals surface area contributed by atoms with Gasteiger partial charge in [-0.05, 0) is 12.1 Å². The summed E-state index contributed by atoms with van der Waals surface area (Å²) in [6.07, 6.45) is 3.02. The van der Waals surface area contributed by atoms with Gasteiger partial charge >= 0.3 is 0 Å². The molecular formula is C10H8N4O2S. The molecule has 0 saturated heterocycles. The number of nitrogens with two attached hydrogens (primary N) is 1. The van der Waals surface area contributed by atoms with Gasteiger partial charge in [0.25, 0.3) is 11.8 Å². The zero-order valence-electron chi connectivity index (χ0n) is 8.58. The van der Waals surface area contributed by atoms with Gasteiger partial charge in [-0.15, -0.1) is 11.3 Å². The third-order valence-electron chi connectivity index (χ3n) is 1.90. The number of nitrogens with one attached hydrogen (secondary N) is 1. The third kappa shape index (κ3) is 2.64. The van der Waals surface area contributed by atoms with Crippen molar-refractivity contribution in [2.24, 2.45) is 5.73 Å². The number of hydrogen-bond acceptors (Lipinski definition) is 5. The lowest BCUT2D eigenvalue weighted by Crippen LogP contribution is -2.14. The number of hydrogen-bond donors (Lipinski definition) is 2. The van der Waals surface area contributed by atoms with Gasteiger partial charge in [-0.2, -0.15) is 0 Å². The fraction of sp³-hybridized carbons (Fsp3) is 0. The number of anilines is 1. The third-order valence-corrected chi connectivity index (χ3v) is 2.66. The molecule has 0 unspecified atom stereocenters. The first kappa shape index (κ1) is 11.2. The second-order valence-corrected chi connectivity index (χ2v) is 3.96. The molecule has 0 aliphatic heterocycles. The highest BCUT2D eigenvalue weighted by atomic mass is 32.1. The molecule has 7 heteroatoms. The number of carbonyl (C=O) groups excluding carboxylic acids is 2. The van der Waals surface area contributed by atoms with Crippen molar-refractivity contribution in [3.8, 4) is 0 Å². The monoisotopic (exact) mass is 248 g/mol. The van der Waals surface area contributed by atoms with Crippen molar-refractivity contribution in [2.75, 3.05) is 5.32 Å². The summed E-state index contributed by atoms with van der Waals surface area (Å²) in [7, 11) is 0. The molecule has 2 heterocycles. The van der Waals surface area contributed by atoms with Crippen LogP contribution in [0.3, 0.4) is 0 Å². The van der Waals surface area contributed by atoms with E-state index in [0.717, 1.165) is 11.3 Å². The van der Waals surface area contributed by atoms with Gasteiger partial charge in [-0.1, -0.05) is 0 Å². The molecule has 0 fully saturated rings. The minimum absolute atomic E-state index is 0.136. The van der Waals surface area contributed by atoms with E-state index in [1.807, 2.05) is 0 Å². The molecule has 3 N–H and O–H groups in total. The summed E-state index contributed by atoms with van der Waals surface area (Å²) in [5.74, 6) is -0.952. The smallest absolute Gasteiger partial charge is 0.268 e. The number of rotatable bonds is 3. The number of nitrogens with zero attached hydrogens (tertiary/aromatic N) is 2. The van der Waals surface area contributed by atoms with E-state index in [0.29, 0.717) is 10.7 Å². The van der Waals surface area contributed by atoms with E-state index in [-0.39, 0.29) is 11.6 Å². The van der Waals surface area contributed by atoms with Crippen LogP contribution in [0.4, 0.5) is 5.13 Å². The van der Waals surface area contributed by atoms with Crippen LogP contribution in [0.15, 0.2) is 29.9 Å². The topological polar surface area (TPSA) is 98.0 Å². The van der Waals surface area contributed by atoms with Crippen molar-refractivity contribution in [2.45, 2.75) is 0 Å². The molecule has 0 aliphatic rings. The van der Waals surface area contributed by atoms with Crippen LogP contribution in [0.1, 0.15) is 20.8 Å². The number of primary amides is 1. The fourth-order valence-electron chi connectivity index (χ4n) is 1.11. The molecular weight excluding hydrogens is 240 g/mol. The highest BCUT2D eigenvalue weighted by molar-refractivity contribution is 7.14. The standard InChI is InChI=1S/C10H8N4O2S/c11-8(15)7-5-17-10(13-7)14-9(16)6-2-1-3-12-4-6/h1-5H,(H2,11,15)(H,13,14,16). The normalized spacial score (nSPS) is 9.88. The fourth-order valence-corrected chi connectivity index (χ4v) is 1.81. The van der Waals surface area contributed by atoms with Crippen LogP contribution in [-0.2, 0) is 0 Å². The first-order chi connectivity index (χ1) is 8.16. The van der Waals surface area contributed by atoms with E-state index >= 15 is 0 Å². The SMILES string of the molecule is NC(=O)c1csc(NC(=O)c2cccnc2)n1. The lowest BCUT2D eigenvalue weighted by atomic mass is 10.3. The zero-order chi connectivity index (χ0) is 12.3. The number of thiazole rings is 1. The van der Waals surface area contributed by atoms with Crippen molar-refractivity contribution < 1.29 is 9.59 Å². The highest BCUT2D eigenvalue weighted by Crippen LogP contribution is 2.15. The predicted molar refractivity (Wildman–Crippen MR) is 62.8 cm³/mol. The van der Waals surface area contributed by atoms with Gasteiger partial charge < -0.3 is 5.73 Å². The van der Waals surface area contributed by atoms with Gasteiger partial charge in [0.1, 0.15) is 5.69 Å². The Balaban J connectivity index is 2.11. The molecule has 86 valence electrons. The molecule has 0 spiro atoms. The summed E-state index contributed by atoms with van der Waals surface area (Å²) in [4.78, 5) is 30.2. The van der Waals surface area contributed by atoms with Gasteiger partial charge in [0.2, 0.25) is 0 Å². The van der Waals surface area contributed by atoms with E-state index in [2.05, 4.69) is 15.3 Å². The maximum Gasteiger partial charge on any atom is 0.268 e. The van der Waals surface area contributed by atoms with Crippen LogP contribution in [0, 0.1) is 0 Å². The molecule has 0 radical (unpaired) electrons. The average Bonchev–Trinajstić information content (AvgIpc) is 2.79. The van der Waals surface area contributed by atoms with E-state index < -0.39 is 5.91 Å². The Morgan fingerprint density at radius 3 is 2.82 bits per heavy atom. The van der Waals surface area contributed by atoms with E-state index in [4.69, 9.17) is 5.73 Å². The van der Waals surface area contributed by atoms with Gasteiger partial charge in [-0.25, -0.2) is 4.98 Å². The molecule has 0 atom stereocenters. The number of pyridine rings is 1. The zero-order valence-corrected chi connectivity index (χ0v) is 9.40. The number of carbonyl (C=O) groups is 2. The van der Waals surface area contributed by atoms with Crippen LogP contribution in [-0.4, -0.2) is 21.8 Å². The molecule has 2 aromatic rings. The summed E-state index contributed by atoms with van der Waals surface area (Å²) in [5, 5.41) is 4.37. The Bertz CT molecular complexity index is 552. The second-order valence-electron chi connectivity index (χ2n) is 3.10. The summed E-state index contributed by atoms with van der Waals surface area (Å²) >= 11 is 1.14. The van der Waals surface area contributed by atoms with Crippen molar-refractivity contribution in [3.63, 3.8) is 0 Å². The van der Waals surface area contributed by atoms with Gasteiger partial charge in [-0.3, -0.25) is 19.9 Å². The second kappa shape index (κ2) is 4.71. The van der Waals surface area contributed by atoms with E-state index in [1.165, 1.54) is 11.6 Å².